The monoisotopic (exact) mass is 304 g/mol. The van der Waals surface area contributed by atoms with Crippen molar-refractivity contribution in [1.29, 1.82) is 0 Å². The highest BCUT2D eigenvalue weighted by Gasteiger charge is 2.41. The second kappa shape index (κ2) is 6.56. The van der Waals surface area contributed by atoms with Crippen LogP contribution in [-0.2, 0) is 4.79 Å². The Morgan fingerprint density at radius 3 is 2.33 bits per heavy atom. The fourth-order valence-electron chi connectivity index (χ4n) is 3.11. The van der Waals surface area contributed by atoms with E-state index in [9.17, 15) is 4.79 Å². The third-order valence-corrected chi connectivity index (χ3v) is 4.88. The van der Waals surface area contributed by atoms with E-state index in [4.69, 9.17) is 18.0 Å². The van der Waals surface area contributed by atoms with Crippen LogP contribution in [0.25, 0.3) is 0 Å². The zero-order chi connectivity index (χ0) is 15.5. The normalized spacial score (nSPS) is 17.8. The number of benzene rings is 1. The summed E-state index contributed by atoms with van der Waals surface area (Å²) in [4.78, 5) is 13.2. The summed E-state index contributed by atoms with van der Waals surface area (Å²) < 4.78 is 0. The van der Waals surface area contributed by atoms with Gasteiger partial charge in [-0.05, 0) is 38.3 Å². The molecule has 0 bridgehead atoms. The first-order valence-electron chi connectivity index (χ1n) is 7.64. The topological polar surface area (TPSA) is 55.1 Å². The Kier molecular flexibility index (Phi) is 4.99. The van der Waals surface area contributed by atoms with Gasteiger partial charge in [0, 0.05) is 5.69 Å². The van der Waals surface area contributed by atoms with E-state index in [0.29, 0.717) is 4.99 Å². The maximum Gasteiger partial charge on any atom is 0.237 e. The van der Waals surface area contributed by atoms with Crippen LogP contribution >= 0.6 is 12.2 Å². The lowest BCUT2D eigenvalue weighted by molar-refractivity contribution is -0.122. The number of carbonyl (C=O) groups excluding carboxylic acids is 1. The molecule has 0 saturated heterocycles. The van der Waals surface area contributed by atoms with Gasteiger partial charge in [0.25, 0.3) is 0 Å². The number of hydrogen-bond donors (Lipinski definition) is 2. The Bertz CT molecular complexity index is 546. The van der Waals surface area contributed by atoms with Crippen LogP contribution in [0.5, 0.6) is 0 Å². The molecule has 3 N–H and O–H groups in total. The van der Waals surface area contributed by atoms with Crippen LogP contribution in [0.1, 0.15) is 49.7 Å². The lowest BCUT2D eigenvalue weighted by Gasteiger charge is -2.30. The number of amides is 1. The first-order valence-corrected chi connectivity index (χ1v) is 8.05. The Morgan fingerprint density at radius 1 is 1.19 bits per heavy atom. The average Bonchev–Trinajstić information content (AvgIpc) is 2.68. The van der Waals surface area contributed by atoms with Gasteiger partial charge < -0.3 is 11.1 Å². The zero-order valence-corrected chi connectivity index (χ0v) is 13.7. The minimum atomic E-state index is -0.677. The van der Waals surface area contributed by atoms with Crippen LogP contribution < -0.4 is 11.1 Å². The van der Waals surface area contributed by atoms with Crippen molar-refractivity contribution in [3.05, 3.63) is 29.3 Å². The van der Waals surface area contributed by atoms with Crippen molar-refractivity contribution in [3.63, 3.8) is 0 Å². The van der Waals surface area contributed by atoms with E-state index in [2.05, 4.69) is 11.4 Å². The van der Waals surface area contributed by atoms with E-state index in [1.54, 1.807) is 0 Å². The van der Waals surface area contributed by atoms with Gasteiger partial charge >= 0.3 is 0 Å². The van der Waals surface area contributed by atoms with Gasteiger partial charge in [-0.1, -0.05) is 55.6 Å². The molecule has 1 aromatic carbocycles. The molecule has 1 amide bonds. The van der Waals surface area contributed by atoms with Gasteiger partial charge in [0.1, 0.15) is 0 Å². The number of nitrogens with one attached hydrogen (secondary N) is 1. The van der Waals surface area contributed by atoms with E-state index in [0.717, 1.165) is 49.8 Å². The molecule has 0 unspecified atom stereocenters. The predicted molar refractivity (Wildman–Crippen MR) is 91.5 cm³/mol. The third kappa shape index (κ3) is 3.43. The number of aryl methyl sites for hydroxylation is 2. The van der Waals surface area contributed by atoms with Crippen LogP contribution in [0.15, 0.2) is 18.2 Å². The average molecular weight is 304 g/mol. The molecule has 21 heavy (non-hydrogen) atoms. The molecule has 4 heteroatoms. The highest BCUT2D eigenvalue weighted by molar-refractivity contribution is 7.80. The van der Waals surface area contributed by atoms with E-state index < -0.39 is 5.41 Å². The second-order valence-corrected chi connectivity index (χ2v) is 6.57. The standard InChI is InChI=1S/C17H24N2OS/c1-12-7-8-14(13(2)11-12)19-16(20)17(15(18)21)9-5-3-4-6-10-17/h7-8,11H,3-6,9-10H2,1-2H3,(H2,18,21)(H,19,20). The smallest absolute Gasteiger partial charge is 0.237 e. The lowest BCUT2D eigenvalue weighted by Crippen LogP contribution is -2.45. The summed E-state index contributed by atoms with van der Waals surface area (Å²) in [5, 5.41) is 3.05. The fourth-order valence-corrected chi connectivity index (χ4v) is 3.41. The number of hydrogen-bond acceptors (Lipinski definition) is 2. The minimum Gasteiger partial charge on any atom is -0.392 e. The van der Waals surface area contributed by atoms with Crippen LogP contribution in [0, 0.1) is 19.3 Å². The molecule has 0 aliphatic heterocycles. The Hall–Kier alpha value is -1.42. The second-order valence-electron chi connectivity index (χ2n) is 6.13. The summed E-state index contributed by atoms with van der Waals surface area (Å²) in [5.41, 5.74) is 8.38. The largest absolute Gasteiger partial charge is 0.392 e. The van der Waals surface area contributed by atoms with Gasteiger partial charge in [0.05, 0.1) is 10.4 Å². The van der Waals surface area contributed by atoms with Crippen LogP contribution in [0.3, 0.4) is 0 Å². The van der Waals surface area contributed by atoms with E-state index in [-0.39, 0.29) is 5.91 Å². The summed E-state index contributed by atoms with van der Waals surface area (Å²) in [5.74, 6) is -0.0381. The van der Waals surface area contributed by atoms with Gasteiger partial charge in [-0.15, -0.1) is 0 Å². The third-order valence-electron chi connectivity index (χ3n) is 4.49. The summed E-state index contributed by atoms with van der Waals surface area (Å²) in [6.45, 7) is 4.05. The minimum absolute atomic E-state index is 0.0381. The first kappa shape index (κ1) is 16.0. The fraction of sp³-hybridized carbons (Fsp3) is 0.529. The molecule has 1 aliphatic rings. The molecule has 1 fully saturated rings. The molecule has 2 rings (SSSR count). The van der Waals surface area contributed by atoms with E-state index in [1.165, 1.54) is 5.56 Å². The number of thiocarbonyl (C=S) groups is 1. The Labute approximate surface area is 132 Å². The molecule has 0 heterocycles. The van der Waals surface area contributed by atoms with E-state index in [1.807, 2.05) is 26.0 Å². The molecule has 114 valence electrons. The van der Waals surface area contributed by atoms with Crippen LogP contribution in [0.4, 0.5) is 5.69 Å². The molecule has 0 radical (unpaired) electrons. The molecule has 0 atom stereocenters. The summed E-state index contributed by atoms with van der Waals surface area (Å²) in [6, 6.07) is 6.02. The van der Waals surface area contributed by atoms with Gasteiger partial charge in [-0.3, -0.25) is 4.79 Å². The Balaban J connectivity index is 2.24. The number of nitrogens with two attached hydrogens (primary N) is 1. The van der Waals surface area contributed by atoms with Crippen molar-refractivity contribution >= 4 is 28.8 Å². The van der Waals surface area contributed by atoms with Gasteiger partial charge in [-0.2, -0.15) is 0 Å². The highest BCUT2D eigenvalue weighted by Crippen LogP contribution is 2.37. The zero-order valence-electron chi connectivity index (χ0n) is 12.9. The molecule has 1 aromatic rings. The highest BCUT2D eigenvalue weighted by atomic mass is 32.1. The van der Waals surface area contributed by atoms with Crippen LogP contribution in [0.2, 0.25) is 0 Å². The summed E-state index contributed by atoms with van der Waals surface area (Å²) >= 11 is 5.25. The predicted octanol–water partition coefficient (Wildman–Crippen LogP) is 3.87. The van der Waals surface area contributed by atoms with Crippen molar-refractivity contribution in [3.8, 4) is 0 Å². The van der Waals surface area contributed by atoms with Gasteiger partial charge in [0.15, 0.2) is 0 Å². The maximum atomic E-state index is 12.8. The molecular formula is C17H24N2OS. The molecule has 1 aliphatic carbocycles. The number of anilines is 1. The number of carbonyl (C=O) groups is 1. The molecular weight excluding hydrogens is 280 g/mol. The van der Waals surface area contributed by atoms with Crippen LogP contribution in [-0.4, -0.2) is 10.9 Å². The quantitative estimate of drug-likeness (QED) is 0.658. The summed E-state index contributed by atoms with van der Waals surface area (Å²) in [7, 11) is 0. The van der Waals surface area contributed by atoms with Crippen molar-refractivity contribution in [2.24, 2.45) is 11.1 Å². The molecule has 3 nitrogen and oxygen atoms in total. The van der Waals surface area contributed by atoms with Crippen molar-refractivity contribution in [2.75, 3.05) is 5.32 Å². The molecule has 0 spiro atoms. The van der Waals surface area contributed by atoms with E-state index >= 15 is 0 Å². The van der Waals surface area contributed by atoms with Crippen molar-refractivity contribution in [2.45, 2.75) is 52.4 Å². The van der Waals surface area contributed by atoms with Crippen molar-refractivity contribution < 1.29 is 4.79 Å². The lowest BCUT2D eigenvalue weighted by atomic mass is 9.79. The van der Waals surface area contributed by atoms with Crippen molar-refractivity contribution in [1.82, 2.24) is 0 Å². The SMILES string of the molecule is Cc1ccc(NC(=O)C2(C(N)=S)CCCCCC2)c(C)c1. The first-order chi connectivity index (χ1) is 9.95. The Morgan fingerprint density at radius 2 is 1.81 bits per heavy atom. The number of rotatable bonds is 3. The maximum absolute atomic E-state index is 12.8. The molecule has 1 saturated carbocycles. The molecule has 0 aromatic heterocycles. The van der Waals surface area contributed by atoms with Gasteiger partial charge in [0.2, 0.25) is 5.91 Å². The van der Waals surface area contributed by atoms with Gasteiger partial charge in [-0.25, -0.2) is 0 Å². The summed E-state index contributed by atoms with van der Waals surface area (Å²) in [6.07, 6.45) is 5.86.